The van der Waals surface area contributed by atoms with E-state index in [-0.39, 0.29) is 0 Å². The van der Waals surface area contributed by atoms with Crippen molar-refractivity contribution < 1.29 is 36.2 Å². The molecule has 0 unspecified atom stereocenters. The van der Waals surface area contributed by atoms with Gasteiger partial charge in [-0.1, -0.05) is 18.2 Å². The summed E-state index contributed by atoms with van der Waals surface area (Å²) in [6.45, 7) is 2.86. The molecule has 0 amide bonds. The summed E-state index contributed by atoms with van der Waals surface area (Å²) in [4.78, 5) is 20.4. The molecule has 1 saturated carbocycles. The number of nitrogens with one attached hydrogen (secondary N) is 1. The third-order valence-electron chi connectivity index (χ3n) is 6.19. The molecule has 222 valence electrons. The number of hydrogen-bond donors (Lipinski definition) is 2. The van der Waals surface area contributed by atoms with Crippen LogP contribution in [0.1, 0.15) is 17.7 Å². The molecule has 3 heterocycles. The molecule has 0 spiro atoms. The van der Waals surface area contributed by atoms with Crippen molar-refractivity contribution in [3.05, 3.63) is 52.9 Å². The number of fused-ring (bicyclic) bond motifs is 1. The molecule has 15 heteroatoms. The fourth-order valence-corrected chi connectivity index (χ4v) is 7.56. The van der Waals surface area contributed by atoms with Gasteiger partial charge in [-0.3, -0.25) is 9.21 Å². The highest BCUT2D eigenvalue weighted by Gasteiger charge is 2.38. The van der Waals surface area contributed by atoms with Gasteiger partial charge in [0.15, 0.2) is 0 Å². The van der Waals surface area contributed by atoms with Crippen molar-refractivity contribution in [1.29, 1.82) is 0 Å². The number of halogens is 3. The number of methoxy groups -OCH3 is 1. The number of likely N-dealkylation sites (N-methyl/N-ethyl adjacent to an activating group) is 1. The average Bonchev–Trinajstić information content (AvgIpc) is 3.31. The SMILES string of the molecule is COCCN(C)Cc1cnc(-c2cc3cccc(N(CC4CC4)S(=O)(=O)c4cccs4)c3[nH]2)s1.O=C(O)C(F)(F)F. The van der Waals surface area contributed by atoms with E-state index in [1.807, 2.05) is 29.8 Å². The van der Waals surface area contributed by atoms with Crippen molar-refractivity contribution in [2.45, 2.75) is 29.8 Å². The highest BCUT2D eigenvalue weighted by Crippen LogP contribution is 2.39. The average molecular weight is 631 g/mol. The standard InChI is InChI=1S/C24H28N4O3S3.C2HF3O2/c1-27(10-11-31-2)16-19-14-25-24(33-19)20-13-18-5-3-6-21(23(18)26-20)28(15-17-8-9-17)34(29,30)22-7-4-12-32-22;3-2(4,5)1(6)7/h3-7,12-14,17,26H,8-11,15-16H2,1-2H3;(H,6,7). The molecular weight excluding hydrogens is 602 g/mol. The molecule has 41 heavy (non-hydrogen) atoms. The molecule has 0 atom stereocenters. The third kappa shape index (κ3) is 7.86. The summed E-state index contributed by atoms with van der Waals surface area (Å²) in [6, 6.07) is 11.4. The Bertz CT molecular complexity index is 1560. The van der Waals surface area contributed by atoms with Gasteiger partial charge in [-0.15, -0.1) is 22.7 Å². The minimum absolute atomic E-state index is 0.374. The quantitative estimate of drug-likeness (QED) is 0.219. The van der Waals surface area contributed by atoms with Crippen LogP contribution in [0.4, 0.5) is 18.9 Å². The second-order valence-corrected chi connectivity index (χ2v) is 13.7. The van der Waals surface area contributed by atoms with Crippen LogP contribution < -0.4 is 4.31 Å². The highest BCUT2D eigenvalue weighted by atomic mass is 32.2. The largest absolute Gasteiger partial charge is 0.490 e. The Hall–Kier alpha value is -2.98. The zero-order valence-electron chi connectivity index (χ0n) is 22.2. The highest BCUT2D eigenvalue weighted by molar-refractivity contribution is 7.94. The number of para-hydroxylation sites is 1. The summed E-state index contributed by atoms with van der Waals surface area (Å²) in [5.74, 6) is -2.34. The molecule has 4 aromatic rings. The Morgan fingerprint density at radius 1 is 1.24 bits per heavy atom. The number of aromatic amines is 1. The normalized spacial score (nSPS) is 13.8. The molecule has 9 nitrogen and oxygen atoms in total. The van der Waals surface area contributed by atoms with Crippen molar-refractivity contribution in [1.82, 2.24) is 14.9 Å². The number of thiazole rings is 1. The summed E-state index contributed by atoms with van der Waals surface area (Å²) in [6.07, 6.45) is -1.03. The van der Waals surface area contributed by atoms with Crippen LogP contribution >= 0.6 is 22.7 Å². The molecule has 1 aliphatic carbocycles. The van der Waals surface area contributed by atoms with Gasteiger partial charge in [0.2, 0.25) is 0 Å². The maximum absolute atomic E-state index is 13.6. The van der Waals surface area contributed by atoms with Crippen molar-refractivity contribution in [3.63, 3.8) is 0 Å². The number of ether oxygens (including phenoxy) is 1. The second-order valence-electron chi connectivity index (χ2n) is 9.50. The Balaban J connectivity index is 0.000000493. The number of rotatable bonds is 11. The van der Waals surface area contributed by atoms with Gasteiger partial charge in [-0.25, -0.2) is 18.2 Å². The van der Waals surface area contributed by atoms with E-state index in [0.29, 0.717) is 29.0 Å². The molecule has 1 aliphatic rings. The van der Waals surface area contributed by atoms with Gasteiger partial charge < -0.3 is 14.8 Å². The van der Waals surface area contributed by atoms with E-state index in [1.165, 1.54) is 16.2 Å². The molecule has 0 radical (unpaired) electrons. The Morgan fingerprint density at radius 2 is 1.98 bits per heavy atom. The molecule has 1 aromatic carbocycles. The maximum atomic E-state index is 13.6. The fraction of sp³-hybridized carbons (Fsp3) is 0.385. The number of thiophene rings is 1. The zero-order chi connectivity index (χ0) is 29.8. The van der Waals surface area contributed by atoms with Gasteiger partial charge in [0, 0.05) is 43.2 Å². The van der Waals surface area contributed by atoms with Gasteiger partial charge in [0.1, 0.15) is 9.22 Å². The van der Waals surface area contributed by atoms with Crippen LogP contribution in [-0.4, -0.2) is 74.4 Å². The Labute approximate surface area is 243 Å². The van der Waals surface area contributed by atoms with E-state index < -0.39 is 22.2 Å². The first-order chi connectivity index (χ1) is 19.4. The Morgan fingerprint density at radius 3 is 2.59 bits per heavy atom. The maximum Gasteiger partial charge on any atom is 0.490 e. The third-order valence-corrected chi connectivity index (χ3v) is 10.4. The summed E-state index contributed by atoms with van der Waals surface area (Å²) < 4.78 is 66.0. The first-order valence-corrected chi connectivity index (χ1v) is 15.6. The van der Waals surface area contributed by atoms with Crippen LogP contribution in [0.3, 0.4) is 0 Å². The van der Waals surface area contributed by atoms with Crippen LogP contribution in [0.15, 0.2) is 52.2 Å². The second kappa shape index (κ2) is 12.9. The number of H-pyrrole nitrogens is 1. The summed E-state index contributed by atoms with van der Waals surface area (Å²) in [5, 5.41) is 10.8. The number of aliphatic carboxylic acids is 1. The lowest BCUT2D eigenvalue weighted by Crippen LogP contribution is -2.32. The van der Waals surface area contributed by atoms with Crippen LogP contribution in [0.2, 0.25) is 0 Å². The van der Waals surface area contributed by atoms with E-state index >= 15 is 0 Å². The summed E-state index contributed by atoms with van der Waals surface area (Å²) in [5.41, 5.74) is 2.42. The van der Waals surface area contributed by atoms with E-state index in [4.69, 9.17) is 14.6 Å². The van der Waals surface area contributed by atoms with Gasteiger partial charge >= 0.3 is 12.1 Å². The van der Waals surface area contributed by atoms with E-state index in [0.717, 1.165) is 47.5 Å². The molecule has 0 saturated heterocycles. The predicted octanol–water partition coefficient (Wildman–Crippen LogP) is 5.67. The van der Waals surface area contributed by atoms with Crippen LogP contribution in [0.25, 0.3) is 21.6 Å². The zero-order valence-corrected chi connectivity index (χ0v) is 24.7. The van der Waals surface area contributed by atoms with Crippen molar-refractivity contribution in [3.8, 4) is 10.7 Å². The number of benzene rings is 1. The van der Waals surface area contributed by atoms with Crippen molar-refractivity contribution >= 4 is 55.3 Å². The predicted molar refractivity (Wildman–Crippen MR) is 153 cm³/mol. The lowest BCUT2D eigenvalue weighted by Gasteiger charge is -2.24. The number of hydrogen-bond acceptors (Lipinski definition) is 8. The number of alkyl halides is 3. The first-order valence-electron chi connectivity index (χ1n) is 12.5. The van der Waals surface area contributed by atoms with E-state index in [2.05, 4.69) is 28.0 Å². The van der Waals surface area contributed by atoms with E-state index in [9.17, 15) is 21.6 Å². The number of anilines is 1. The first kappa shape index (κ1) is 31.0. The minimum Gasteiger partial charge on any atom is -0.475 e. The smallest absolute Gasteiger partial charge is 0.475 e. The van der Waals surface area contributed by atoms with Gasteiger partial charge in [0.25, 0.3) is 10.0 Å². The number of carbonyl (C=O) groups is 1. The van der Waals surface area contributed by atoms with Crippen LogP contribution in [-0.2, 0) is 26.1 Å². The lowest BCUT2D eigenvalue weighted by atomic mass is 10.2. The number of carboxylic acids is 1. The molecule has 2 N–H and O–H groups in total. The number of sulfonamides is 1. The molecule has 1 fully saturated rings. The van der Waals surface area contributed by atoms with E-state index in [1.54, 1.807) is 34.9 Å². The monoisotopic (exact) mass is 630 g/mol. The summed E-state index contributed by atoms with van der Waals surface area (Å²) in [7, 11) is 0.147. The van der Waals surface area contributed by atoms with Gasteiger partial charge in [-0.05, 0) is 49.4 Å². The van der Waals surface area contributed by atoms with Crippen LogP contribution in [0.5, 0.6) is 0 Å². The van der Waals surface area contributed by atoms with Crippen LogP contribution in [0, 0.1) is 5.92 Å². The number of carboxylic acid groups (broad SMARTS) is 1. The molecule has 0 bridgehead atoms. The molecule has 3 aromatic heterocycles. The van der Waals surface area contributed by atoms with Gasteiger partial charge in [-0.2, -0.15) is 13.2 Å². The minimum atomic E-state index is -5.08. The Kier molecular flexibility index (Phi) is 9.74. The number of nitrogens with zero attached hydrogens (tertiary/aromatic N) is 3. The van der Waals surface area contributed by atoms with Gasteiger partial charge in [0.05, 0.1) is 23.5 Å². The molecule has 0 aliphatic heterocycles. The lowest BCUT2D eigenvalue weighted by molar-refractivity contribution is -0.192. The topological polar surface area (TPSA) is 116 Å². The van der Waals surface area contributed by atoms with Crippen molar-refractivity contribution in [2.24, 2.45) is 5.92 Å². The number of aromatic nitrogens is 2. The van der Waals surface area contributed by atoms with Crippen molar-refractivity contribution in [2.75, 3.05) is 38.2 Å². The molecular formula is C26H29F3N4O5S3. The fourth-order valence-electron chi connectivity index (χ4n) is 3.94. The molecule has 5 rings (SSSR count). The summed E-state index contributed by atoms with van der Waals surface area (Å²) >= 11 is 2.91.